The summed E-state index contributed by atoms with van der Waals surface area (Å²) in [4.78, 5) is 18.7. The average molecular weight is 514 g/mol. The van der Waals surface area contributed by atoms with Crippen LogP contribution < -0.4 is 4.90 Å². The van der Waals surface area contributed by atoms with Gasteiger partial charge in [0.25, 0.3) is 0 Å². The number of hydrogen-bond acceptors (Lipinski definition) is 5. The predicted octanol–water partition coefficient (Wildman–Crippen LogP) is 4.75. The minimum atomic E-state index is -1.63. The van der Waals surface area contributed by atoms with Crippen molar-refractivity contribution in [1.82, 2.24) is 9.38 Å². The Hall–Kier alpha value is -2.68. The Bertz CT molecular complexity index is 1200. The summed E-state index contributed by atoms with van der Waals surface area (Å²) in [6.07, 6.45) is 3.56. The van der Waals surface area contributed by atoms with Gasteiger partial charge in [-0.2, -0.15) is 0 Å². The SMILES string of the molecule is C=CCOC1(C)CCN(c2c(C(O)C(=O)O)c(C)cc3nc(-c4cccc(Br)c4)cn23)CC1. The maximum atomic E-state index is 11.8. The normalized spacial score (nSPS) is 16.7. The number of rotatable bonds is 7. The van der Waals surface area contributed by atoms with Crippen LogP contribution in [0.4, 0.5) is 5.82 Å². The van der Waals surface area contributed by atoms with Gasteiger partial charge in [-0.3, -0.25) is 4.40 Å². The van der Waals surface area contributed by atoms with E-state index in [9.17, 15) is 15.0 Å². The van der Waals surface area contributed by atoms with Gasteiger partial charge in [0.15, 0.2) is 6.10 Å². The van der Waals surface area contributed by atoms with E-state index < -0.39 is 12.1 Å². The van der Waals surface area contributed by atoms with Crippen LogP contribution in [0.1, 0.15) is 37.0 Å². The summed E-state index contributed by atoms with van der Waals surface area (Å²) in [7, 11) is 0. The number of aromatic nitrogens is 2. The summed E-state index contributed by atoms with van der Waals surface area (Å²) in [5.74, 6) is -0.610. The van der Waals surface area contributed by atoms with E-state index in [1.165, 1.54) is 0 Å². The molecule has 0 saturated carbocycles. The van der Waals surface area contributed by atoms with Crippen LogP contribution in [0.5, 0.6) is 0 Å². The number of carbonyl (C=O) groups is 1. The number of pyridine rings is 1. The first kappa shape index (κ1) is 23.5. The highest BCUT2D eigenvalue weighted by Crippen LogP contribution is 2.37. The van der Waals surface area contributed by atoms with Crippen molar-refractivity contribution in [2.45, 2.75) is 38.4 Å². The molecule has 7 nitrogen and oxygen atoms in total. The third-order valence-corrected chi connectivity index (χ3v) is 6.76. The standard InChI is InChI=1S/C25H28BrN3O4/c1-4-12-33-25(3)8-10-28(11-9-25)23-21(22(30)24(31)32)16(2)13-20-27-19(15-29(20)23)17-6-5-7-18(26)14-17/h4-7,13-15,22,30H,1,8-12H2,2-3H3,(H,31,32). The molecule has 2 N–H and O–H groups in total. The van der Waals surface area contributed by atoms with E-state index >= 15 is 0 Å². The largest absolute Gasteiger partial charge is 0.479 e. The van der Waals surface area contributed by atoms with Crippen LogP contribution in [0.3, 0.4) is 0 Å². The van der Waals surface area contributed by atoms with Gasteiger partial charge in [-0.05, 0) is 50.5 Å². The molecule has 1 aromatic carbocycles. The molecule has 174 valence electrons. The fourth-order valence-corrected chi connectivity index (χ4v) is 4.81. The van der Waals surface area contributed by atoms with Crippen molar-refractivity contribution in [3.05, 3.63) is 64.8 Å². The summed E-state index contributed by atoms with van der Waals surface area (Å²) < 4.78 is 8.84. The zero-order valence-electron chi connectivity index (χ0n) is 18.8. The molecule has 1 unspecified atom stereocenters. The molecule has 8 heteroatoms. The Kier molecular flexibility index (Phi) is 6.61. The molecule has 0 amide bonds. The third-order valence-electron chi connectivity index (χ3n) is 6.27. The van der Waals surface area contributed by atoms with Crippen LogP contribution in [-0.4, -0.2) is 50.9 Å². The van der Waals surface area contributed by atoms with E-state index in [0.29, 0.717) is 42.3 Å². The first-order valence-electron chi connectivity index (χ1n) is 10.9. The van der Waals surface area contributed by atoms with Gasteiger partial charge in [0.2, 0.25) is 0 Å². The number of nitrogens with zero attached hydrogens (tertiary/aromatic N) is 3. The molecule has 2 aromatic heterocycles. The van der Waals surface area contributed by atoms with Crippen LogP contribution >= 0.6 is 15.9 Å². The van der Waals surface area contributed by atoms with Crippen molar-refractivity contribution in [1.29, 1.82) is 0 Å². The average Bonchev–Trinajstić information content (AvgIpc) is 3.21. The number of fused-ring (bicyclic) bond motifs is 1. The Morgan fingerprint density at radius 1 is 1.36 bits per heavy atom. The predicted molar refractivity (Wildman–Crippen MR) is 132 cm³/mol. The monoisotopic (exact) mass is 513 g/mol. The smallest absolute Gasteiger partial charge is 0.337 e. The molecular weight excluding hydrogens is 486 g/mol. The molecule has 1 fully saturated rings. The Morgan fingerprint density at radius 2 is 2.09 bits per heavy atom. The van der Waals surface area contributed by atoms with Gasteiger partial charge in [0.1, 0.15) is 11.5 Å². The Morgan fingerprint density at radius 3 is 2.73 bits per heavy atom. The number of aliphatic hydroxyl groups is 1. The zero-order chi connectivity index (χ0) is 23.8. The number of halogens is 1. The zero-order valence-corrected chi connectivity index (χ0v) is 20.4. The van der Waals surface area contributed by atoms with Gasteiger partial charge in [-0.15, -0.1) is 6.58 Å². The highest BCUT2D eigenvalue weighted by Gasteiger charge is 2.34. The molecule has 0 bridgehead atoms. The van der Waals surface area contributed by atoms with Crippen molar-refractivity contribution < 1.29 is 19.7 Å². The lowest BCUT2D eigenvalue weighted by molar-refractivity contribution is -0.147. The molecule has 0 aliphatic carbocycles. The first-order valence-corrected chi connectivity index (χ1v) is 11.7. The molecule has 4 rings (SSSR count). The molecule has 3 aromatic rings. The topological polar surface area (TPSA) is 87.3 Å². The maximum Gasteiger partial charge on any atom is 0.337 e. The van der Waals surface area contributed by atoms with Crippen LogP contribution in [0.25, 0.3) is 16.9 Å². The number of carboxylic acid groups (broad SMARTS) is 1. The molecule has 0 radical (unpaired) electrons. The van der Waals surface area contributed by atoms with Crippen molar-refractivity contribution in [3.8, 4) is 11.3 Å². The lowest BCUT2D eigenvalue weighted by atomic mass is 9.92. The second kappa shape index (κ2) is 9.29. The van der Waals surface area contributed by atoms with E-state index in [1.54, 1.807) is 6.08 Å². The summed E-state index contributed by atoms with van der Waals surface area (Å²) >= 11 is 3.51. The summed E-state index contributed by atoms with van der Waals surface area (Å²) in [5, 5.41) is 20.2. The van der Waals surface area contributed by atoms with Crippen LogP contribution in [-0.2, 0) is 9.53 Å². The Balaban J connectivity index is 1.82. The lowest BCUT2D eigenvalue weighted by Gasteiger charge is -2.41. The number of imidazole rings is 1. The summed E-state index contributed by atoms with van der Waals surface area (Å²) in [6.45, 7) is 9.46. The van der Waals surface area contributed by atoms with E-state index in [2.05, 4.69) is 34.3 Å². The number of ether oxygens (including phenoxy) is 1. The van der Waals surface area contributed by atoms with Crippen molar-refractivity contribution in [3.63, 3.8) is 0 Å². The lowest BCUT2D eigenvalue weighted by Crippen LogP contribution is -2.45. The van der Waals surface area contributed by atoms with E-state index in [1.807, 2.05) is 47.9 Å². The van der Waals surface area contributed by atoms with Gasteiger partial charge >= 0.3 is 5.97 Å². The molecule has 3 heterocycles. The third kappa shape index (κ3) is 4.69. The number of benzene rings is 1. The van der Waals surface area contributed by atoms with Gasteiger partial charge in [-0.1, -0.05) is 34.1 Å². The number of hydrogen-bond donors (Lipinski definition) is 2. The number of aliphatic hydroxyl groups excluding tert-OH is 1. The van der Waals surface area contributed by atoms with E-state index in [4.69, 9.17) is 9.72 Å². The van der Waals surface area contributed by atoms with Gasteiger partial charge in [0.05, 0.1) is 17.9 Å². The number of carboxylic acids is 1. The van der Waals surface area contributed by atoms with Gasteiger partial charge in [0, 0.05) is 34.9 Å². The van der Waals surface area contributed by atoms with Crippen molar-refractivity contribution in [2.75, 3.05) is 24.6 Å². The first-order chi connectivity index (χ1) is 15.7. The molecule has 0 spiro atoms. The maximum absolute atomic E-state index is 11.8. The molecule has 1 saturated heterocycles. The van der Waals surface area contributed by atoms with Gasteiger partial charge in [-0.25, -0.2) is 9.78 Å². The number of aliphatic carboxylic acids is 1. The second-order valence-corrected chi connectivity index (χ2v) is 9.62. The molecule has 33 heavy (non-hydrogen) atoms. The van der Waals surface area contributed by atoms with E-state index in [0.717, 1.165) is 28.6 Å². The van der Waals surface area contributed by atoms with Crippen LogP contribution in [0.2, 0.25) is 0 Å². The fourth-order valence-electron chi connectivity index (χ4n) is 4.41. The van der Waals surface area contributed by atoms with E-state index in [-0.39, 0.29) is 5.60 Å². The minimum absolute atomic E-state index is 0.268. The quantitative estimate of drug-likeness (QED) is 0.443. The summed E-state index contributed by atoms with van der Waals surface area (Å²) in [6, 6.07) is 9.70. The fraction of sp³-hybridized carbons (Fsp3) is 0.360. The highest BCUT2D eigenvalue weighted by molar-refractivity contribution is 9.10. The number of aryl methyl sites for hydroxylation is 1. The number of piperidine rings is 1. The van der Waals surface area contributed by atoms with Crippen molar-refractivity contribution in [2.24, 2.45) is 0 Å². The minimum Gasteiger partial charge on any atom is -0.479 e. The second-order valence-electron chi connectivity index (χ2n) is 8.71. The highest BCUT2D eigenvalue weighted by atomic mass is 79.9. The Labute approximate surface area is 201 Å². The van der Waals surface area contributed by atoms with Gasteiger partial charge < -0.3 is 19.8 Å². The molecular formula is C25H28BrN3O4. The summed E-state index contributed by atoms with van der Waals surface area (Å²) in [5.41, 5.74) is 3.24. The van der Waals surface area contributed by atoms with Crippen LogP contribution in [0.15, 0.2) is 53.7 Å². The molecule has 1 aliphatic heterocycles. The molecule has 1 aliphatic rings. The number of anilines is 1. The van der Waals surface area contributed by atoms with Crippen LogP contribution in [0, 0.1) is 6.92 Å². The molecule has 1 atom stereocenters. The van der Waals surface area contributed by atoms with Crippen molar-refractivity contribution >= 4 is 33.4 Å².